The highest BCUT2D eigenvalue weighted by Crippen LogP contribution is 2.22. The number of H-pyrrole nitrogens is 1. The number of aromatic nitrogens is 1. The van der Waals surface area contributed by atoms with Crippen LogP contribution in [0.2, 0.25) is 0 Å². The van der Waals surface area contributed by atoms with E-state index in [1.807, 2.05) is 19.1 Å². The lowest BCUT2D eigenvalue weighted by Crippen LogP contribution is -2.29. The fraction of sp³-hybridized carbons (Fsp3) is 0.400. The molecule has 0 atom stereocenters. The van der Waals surface area contributed by atoms with Crippen LogP contribution in [0.3, 0.4) is 0 Å². The van der Waals surface area contributed by atoms with Crippen LogP contribution in [0.15, 0.2) is 29.1 Å². The number of rotatable bonds is 1. The van der Waals surface area contributed by atoms with E-state index in [4.69, 9.17) is 0 Å². The molecule has 3 heteroatoms. The van der Waals surface area contributed by atoms with E-state index in [1.54, 1.807) is 6.07 Å². The Balaban J connectivity index is 2.07. The monoisotopic (exact) mass is 242 g/mol. The molecular formula is C15H18N2O. The molecule has 2 aromatic rings. The van der Waals surface area contributed by atoms with E-state index in [0.29, 0.717) is 0 Å². The van der Waals surface area contributed by atoms with Gasteiger partial charge in [0.1, 0.15) is 0 Å². The first kappa shape index (κ1) is 11.3. The molecule has 0 saturated carbocycles. The Morgan fingerprint density at radius 2 is 1.89 bits per heavy atom. The third kappa shape index (κ3) is 2.01. The fourth-order valence-corrected chi connectivity index (χ4v) is 2.72. The first-order valence-electron chi connectivity index (χ1n) is 6.63. The number of benzene rings is 1. The van der Waals surface area contributed by atoms with Gasteiger partial charge in [-0.3, -0.25) is 4.79 Å². The van der Waals surface area contributed by atoms with Gasteiger partial charge in [-0.25, -0.2) is 0 Å². The zero-order valence-electron chi connectivity index (χ0n) is 10.7. The maximum absolute atomic E-state index is 12.0. The summed E-state index contributed by atoms with van der Waals surface area (Å²) in [6, 6.07) is 7.83. The van der Waals surface area contributed by atoms with Crippen molar-refractivity contribution in [1.29, 1.82) is 0 Å². The Morgan fingerprint density at radius 3 is 2.67 bits per heavy atom. The second-order valence-electron chi connectivity index (χ2n) is 5.09. The highest BCUT2D eigenvalue weighted by atomic mass is 16.1. The maximum atomic E-state index is 12.0. The summed E-state index contributed by atoms with van der Waals surface area (Å²) in [4.78, 5) is 17.6. The standard InChI is InChI=1S/C15H18N2O/c1-11-9-15(18)13-10-12(5-6-14(13)16-11)17-7-3-2-4-8-17/h5-6,9-10H,2-4,7-8H2,1H3,(H,16,18). The summed E-state index contributed by atoms with van der Waals surface area (Å²) in [5, 5.41) is 0.795. The molecule has 1 fully saturated rings. The van der Waals surface area contributed by atoms with Crippen LogP contribution in [0.25, 0.3) is 10.9 Å². The molecule has 1 aromatic carbocycles. The largest absolute Gasteiger partial charge is 0.372 e. The molecule has 1 saturated heterocycles. The number of pyridine rings is 1. The SMILES string of the molecule is Cc1cc(=O)c2cc(N3CCCCC3)ccc2[nH]1. The number of hydrogen-bond acceptors (Lipinski definition) is 2. The van der Waals surface area contributed by atoms with Crippen molar-refractivity contribution in [3.05, 3.63) is 40.2 Å². The van der Waals surface area contributed by atoms with E-state index in [0.717, 1.165) is 29.7 Å². The van der Waals surface area contributed by atoms with Gasteiger partial charge < -0.3 is 9.88 Å². The number of nitrogens with one attached hydrogen (secondary N) is 1. The molecule has 1 N–H and O–H groups in total. The Bertz CT molecular complexity index is 624. The third-order valence-corrected chi connectivity index (χ3v) is 3.67. The normalized spacial score (nSPS) is 16.2. The summed E-state index contributed by atoms with van der Waals surface area (Å²) in [6.45, 7) is 4.13. The maximum Gasteiger partial charge on any atom is 0.189 e. The molecule has 2 heterocycles. The van der Waals surface area contributed by atoms with Crippen LogP contribution in [0.1, 0.15) is 25.0 Å². The number of hydrogen-bond donors (Lipinski definition) is 1. The number of piperidine rings is 1. The van der Waals surface area contributed by atoms with Gasteiger partial charge in [-0.2, -0.15) is 0 Å². The minimum Gasteiger partial charge on any atom is -0.372 e. The second-order valence-corrected chi connectivity index (χ2v) is 5.09. The van der Waals surface area contributed by atoms with E-state index < -0.39 is 0 Å². The highest BCUT2D eigenvalue weighted by molar-refractivity contribution is 5.82. The molecule has 1 aliphatic rings. The lowest BCUT2D eigenvalue weighted by atomic mass is 10.1. The van der Waals surface area contributed by atoms with Crippen LogP contribution < -0.4 is 10.3 Å². The molecule has 3 nitrogen and oxygen atoms in total. The average Bonchev–Trinajstić information content (AvgIpc) is 2.39. The quantitative estimate of drug-likeness (QED) is 0.834. The minimum atomic E-state index is 0.111. The summed E-state index contributed by atoms with van der Waals surface area (Å²) >= 11 is 0. The van der Waals surface area contributed by atoms with Crippen molar-refractivity contribution in [3.63, 3.8) is 0 Å². The Kier molecular flexibility index (Phi) is 2.82. The van der Waals surface area contributed by atoms with Gasteiger partial charge in [0, 0.05) is 41.4 Å². The fourth-order valence-electron chi connectivity index (χ4n) is 2.72. The van der Waals surface area contributed by atoms with Crippen molar-refractivity contribution in [3.8, 4) is 0 Å². The number of aryl methyl sites for hydroxylation is 1. The van der Waals surface area contributed by atoms with Crippen LogP contribution in [-0.4, -0.2) is 18.1 Å². The minimum absolute atomic E-state index is 0.111. The molecule has 1 aromatic heterocycles. The predicted molar refractivity (Wildman–Crippen MR) is 75.4 cm³/mol. The summed E-state index contributed by atoms with van der Waals surface area (Å²) in [5.74, 6) is 0. The molecule has 94 valence electrons. The van der Waals surface area contributed by atoms with E-state index in [9.17, 15) is 4.79 Å². The zero-order valence-corrected chi connectivity index (χ0v) is 10.7. The van der Waals surface area contributed by atoms with E-state index in [-0.39, 0.29) is 5.43 Å². The molecule has 18 heavy (non-hydrogen) atoms. The van der Waals surface area contributed by atoms with Crippen LogP contribution in [0.4, 0.5) is 5.69 Å². The summed E-state index contributed by atoms with van der Waals surface area (Å²) in [7, 11) is 0. The topological polar surface area (TPSA) is 36.1 Å². The Labute approximate surface area is 106 Å². The van der Waals surface area contributed by atoms with E-state index in [1.165, 1.54) is 24.9 Å². The first-order valence-corrected chi connectivity index (χ1v) is 6.63. The van der Waals surface area contributed by atoms with Crippen molar-refractivity contribution < 1.29 is 0 Å². The average molecular weight is 242 g/mol. The Morgan fingerprint density at radius 1 is 1.11 bits per heavy atom. The molecule has 0 spiro atoms. The van der Waals surface area contributed by atoms with Crippen LogP contribution in [0.5, 0.6) is 0 Å². The summed E-state index contributed by atoms with van der Waals surface area (Å²) < 4.78 is 0. The molecule has 3 rings (SSSR count). The van der Waals surface area contributed by atoms with Gasteiger partial charge in [-0.1, -0.05) is 0 Å². The van der Waals surface area contributed by atoms with Gasteiger partial charge in [-0.15, -0.1) is 0 Å². The summed E-state index contributed by atoms with van der Waals surface area (Å²) in [6.07, 6.45) is 3.83. The van der Waals surface area contributed by atoms with Gasteiger partial charge in [0.25, 0.3) is 0 Å². The third-order valence-electron chi connectivity index (χ3n) is 3.67. The van der Waals surface area contributed by atoms with Gasteiger partial charge in [0.15, 0.2) is 5.43 Å². The number of aromatic amines is 1. The highest BCUT2D eigenvalue weighted by Gasteiger charge is 2.11. The zero-order chi connectivity index (χ0) is 12.5. The molecule has 0 amide bonds. The smallest absolute Gasteiger partial charge is 0.189 e. The summed E-state index contributed by atoms with van der Waals surface area (Å²) in [5.41, 5.74) is 3.13. The number of anilines is 1. The number of nitrogens with zero attached hydrogens (tertiary/aromatic N) is 1. The van der Waals surface area contributed by atoms with Crippen molar-refractivity contribution >= 4 is 16.6 Å². The van der Waals surface area contributed by atoms with Crippen molar-refractivity contribution in [1.82, 2.24) is 4.98 Å². The van der Waals surface area contributed by atoms with Crippen LogP contribution in [-0.2, 0) is 0 Å². The molecule has 0 bridgehead atoms. The second kappa shape index (κ2) is 4.48. The molecule has 1 aliphatic heterocycles. The molecule has 0 unspecified atom stereocenters. The molecule has 0 aliphatic carbocycles. The number of fused-ring (bicyclic) bond motifs is 1. The van der Waals surface area contributed by atoms with E-state index in [2.05, 4.69) is 16.0 Å². The van der Waals surface area contributed by atoms with Gasteiger partial charge >= 0.3 is 0 Å². The van der Waals surface area contributed by atoms with Gasteiger partial charge in [-0.05, 0) is 44.4 Å². The molecular weight excluding hydrogens is 224 g/mol. The van der Waals surface area contributed by atoms with Crippen molar-refractivity contribution in [2.75, 3.05) is 18.0 Å². The molecule has 0 radical (unpaired) electrons. The van der Waals surface area contributed by atoms with Crippen LogP contribution >= 0.6 is 0 Å². The van der Waals surface area contributed by atoms with E-state index >= 15 is 0 Å². The lowest BCUT2D eigenvalue weighted by molar-refractivity contribution is 0.578. The first-order chi connectivity index (χ1) is 8.74. The Hall–Kier alpha value is -1.77. The van der Waals surface area contributed by atoms with Gasteiger partial charge in [0.2, 0.25) is 0 Å². The van der Waals surface area contributed by atoms with Crippen molar-refractivity contribution in [2.45, 2.75) is 26.2 Å². The van der Waals surface area contributed by atoms with Crippen molar-refractivity contribution in [2.24, 2.45) is 0 Å². The van der Waals surface area contributed by atoms with Crippen LogP contribution in [0, 0.1) is 6.92 Å². The predicted octanol–water partition coefficient (Wildman–Crippen LogP) is 2.83. The lowest BCUT2D eigenvalue weighted by Gasteiger charge is -2.28. The van der Waals surface area contributed by atoms with Gasteiger partial charge in [0.05, 0.1) is 0 Å².